The van der Waals surface area contributed by atoms with Gasteiger partial charge in [-0.2, -0.15) is 0 Å². The van der Waals surface area contributed by atoms with E-state index >= 15 is 0 Å². The van der Waals surface area contributed by atoms with Gasteiger partial charge >= 0.3 is 0 Å². The summed E-state index contributed by atoms with van der Waals surface area (Å²) >= 11 is 0. The zero-order valence-electron chi connectivity index (χ0n) is 12.0. The van der Waals surface area contributed by atoms with Gasteiger partial charge in [-0.1, -0.05) is 42.5 Å². The van der Waals surface area contributed by atoms with Crippen molar-refractivity contribution in [3.63, 3.8) is 0 Å². The lowest BCUT2D eigenvalue weighted by molar-refractivity contribution is 0.0926. The predicted octanol–water partition coefficient (Wildman–Crippen LogP) is 3.95. The molecule has 0 aliphatic carbocycles. The van der Waals surface area contributed by atoms with Gasteiger partial charge in [0.2, 0.25) is 0 Å². The van der Waals surface area contributed by atoms with Crippen LogP contribution in [0.1, 0.15) is 26.3 Å². The second-order valence-corrected chi connectivity index (χ2v) is 5.48. The second-order valence-electron chi connectivity index (χ2n) is 5.48. The molecule has 22 heavy (non-hydrogen) atoms. The second kappa shape index (κ2) is 4.53. The summed E-state index contributed by atoms with van der Waals surface area (Å²) in [6, 6.07) is 18.8. The Bertz CT molecular complexity index is 889. The maximum Gasteiger partial charge on any atom is 0.266 e. The number of nitrogens with zero attached hydrogens (tertiary/aromatic N) is 1. The summed E-state index contributed by atoms with van der Waals surface area (Å²) in [6.45, 7) is 1.90. The number of hydrogen-bond acceptors (Lipinski definition) is 2. The fraction of sp³-hybridized carbons (Fsp3) is 0.0526. The van der Waals surface area contributed by atoms with Crippen molar-refractivity contribution in [3.05, 3.63) is 77.4 Å². The number of benzene rings is 3. The Morgan fingerprint density at radius 2 is 1.23 bits per heavy atom. The highest BCUT2D eigenvalue weighted by molar-refractivity contribution is 6.35. The van der Waals surface area contributed by atoms with Crippen LogP contribution in [-0.4, -0.2) is 11.8 Å². The largest absolute Gasteiger partial charge is 0.268 e. The number of rotatable bonds is 1. The van der Waals surface area contributed by atoms with E-state index in [4.69, 9.17) is 0 Å². The first-order chi connectivity index (χ1) is 10.7. The monoisotopic (exact) mass is 287 g/mol. The van der Waals surface area contributed by atoms with Crippen molar-refractivity contribution in [1.82, 2.24) is 0 Å². The molecule has 0 aromatic heterocycles. The molecule has 0 spiro atoms. The molecule has 0 fully saturated rings. The summed E-state index contributed by atoms with van der Waals surface area (Å²) in [6.07, 6.45) is 0. The highest BCUT2D eigenvalue weighted by Crippen LogP contribution is 2.32. The van der Waals surface area contributed by atoms with E-state index in [1.54, 1.807) is 6.07 Å². The lowest BCUT2D eigenvalue weighted by Crippen LogP contribution is -2.29. The Morgan fingerprint density at radius 3 is 1.77 bits per heavy atom. The van der Waals surface area contributed by atoms with Gasteiger partial charge in [0.1, 0.15) is 0 Å². The lowest BCUT2D eigenvalue weighted by atomic mass is 10.0. The number of carbonyl (C=O) groups is 2. The normalized spacial score (nSPS) is 13.8. The Morgan fingerprint density at radius 1 is 0.727 bits per heavy atom. The topological polar surface area (TPSA) is 37.4 Å². The van der Waals surface area contributed by atoms with Gasteiger partial charge in [-0.3, -0.25) is 9.59 Å². The molecule has 0 radical (unpaired) electrons. The zero-order valence-corrected chi connectivity index (χ0v) is 12.0. The molecule has 3 nitrogen and oxygen atoms in total. The minimum absolute atomic E-state index is 0.250. The third-order valence-corrected chi connectivity index (χ3v) is 4.11. The first kappa shape index (κ1) is 12.8. The van der Waals surface area contributed by atoms with Crippen LogP contribution in [0, 0.1) is 6.92 Å². The van der Waals surface area contributed by atoms with Gasteiger partial charge in [0.25, 0.3) is 11.8 Å². The van der Waals surface area contributed by atoms with Gasteiger partial charge in [-0.15, -0.1) is 0 Å². The summed E-state index contributed by atoms with van der Waals surface area (Å²) in [5.41, 5.74) is 2.51. The van der Waals surface area contributed by atoms with Gasteiger partial charge in [0, 0.05) is 0 Å². The molecule has 106 valence electrons. The van der Waals surface area contributed by atoms with Crippen LogP contribution in [0.2, 0.25) is 0 Å². The Hall–Kier alpha value is -2.94. The zero-order chi connectivity index (χ0) is 15.3. The maximum atomic E-state index is 12.7. The van der Waals surface area contributed by atoms with E-state index in [1.807, 2.05) is 61.5 Å². The van der Waals surface area contributed by atoms with Crippen LogP contribution >= 0.6 is 0 Å². The number of carbonyl (C=O) groups excluding carboxylic acids is 2. The van der Waals surface area contributed by atoms with Crippen LogP contribution in [0.5, 0.6) is 0 Å². The van der Waals surface area contributed by atoms with Crippen LogP contribution < -0.4 is 4.90 Å². The van der Waals surface area contributed by atoms with Crippen molar-refractivity contribution in [2.45, 2.75) is 6.92 Å². The number of aryl methyl sites for hydroxylation is 1. The Kier molecular flexibility index (Phi) is 2.63. The molecule has 4 rings (SSSR count). The van der Waals surface area contributed by atoms with Crippen molar-refractivity contribution in [1.29, 1.82) is 0 Å². The third kappa shape index (κ3) is 1.69. The molecule has 0 atom stereocenters. The van der Waals surface area contributed by atoms with Crippen LogP contribution in [0.3, 0.4) is 0 Å². The summed E-state index contributed by atoms with van der Waals surface area (Å²) in [7, 11) is 0. The van der Waals surface area contributed by atoms with Gasteiger partial charge < -0.3 is 0 Å². The highest BCUT2D eigenvalue weighted by Gasteiger charge is 2.37. The van der Waals surface area contributed by atoms with E-state index in [2.05, 4.69) is 0 Å². The minimum Gasteiger partial charge on any atom is -0.268 e. The van der Waals surface area contributed by atoms with E-state index in [9.17, 15) is 9.59 Å². The maximum absolute atomic E-state index is 12.7. The molecule has 0 bridgehead atoms. The van der Waals surface area contributed by atoms with Gasteiger partial charge in [0.15, 0.2) is 0 Å². The average molecular weight is 287 g/mol. The number of para-hydroxylation sites is 1. The Labute approximate surface area is 127 Å². The van der Waals surface area contributed by atoms with Crippen molar-refractivity contribution in [2.75, 3.05) is 4.90 Å². The molecule has 3 aromatic carbocycles. The summed E-state index contributed by atoms with van der Waals surface area (Å²) in [5.74, 6) is -0.500. The van der Waals surface area contributed by atoms with E-state index < -0.39 is 0 Å². The van der Waals surface area contributed by atoms with Crippen molar-refractivity contribution >= 4 is 28.3 Å². The van der Waals surface area contributed by atoms with Crippen molar-refractivity contribution in [2.24, 2.45) is 0 Å². The van der Waals surface area contributed by atoms with E-state index in [0.29, 0.717) is 16.8 Å². The van der Waals surface area contributed by atoms with Crippen LogP contribution in [0.25, 0.3) is 10.8 Å². The van der Waals surface area contributed by atoms with Crippen LogP contribution in [0.4, 0.5) is 5.69 Å². The van der Waals surface area contributed by atoms with Crippen molar-refractivity contribution < 1.29 is 9.59 Å². The van der Waals surface area contributed by atoms with E-state index in [1.165, 1.54) is 4.90 Å². The number of hydrogen-bond donors (Lipinski definition) is 0. The molecule has 2 amide bonds. The molecule has 3 heteroatoms. The predicted molar refractivity (Wildman–Crippen MR) is 86.3 cm³/mol. The summed E-state index contributed by atoms with van der Waals surface area (Å²) < 4.78 is 0. The van der Waals surface area contributed by atoms with Gasteiger partial charge in [-0.05, 0) is 41.5 Å². The number of anilines is 1. The molecule has 1 aliphatic heterocycles. The molecule has 0 N–H and O–H groups in total. The minimum atomic E-state index is -0.250. The molecule has 1 aliphatic rings. The number of fused-ring (bicyclic) bond motifs is 2. The van der Waals surface area contributed by atoms with Crippen molar-refractivity contribution in [3.8, 4) is 0 Å². The molecular formula is C19H13NO2. The molecule has 0 saturated carbocycles. The fourth-order valence-corrected chi connectivity index (χ4v) is 2.96. The first-order valence-electron chi connectivity index (χ1n) is 7.14. The standard InChI is InChI=1S/C19H13NO2/c1-12-6-2-5-9-17(12)20-18(21)15-10-13-7-3-4-8-14(13)11-16(15)19(20)22/h2-11H,1H3. The smallest absolute Gasteiger partial charge is 0.266 e. The molecule has 0 unspecified atom stereocenters. The fourth-order valence-electron chi connectivity index (χ4n) is 2.96. The quantitative estimate of drug-likeness (QED) is 0.635. The Balaban J connectivity index is 1.93. The van der Waals surface area contributed by atoms with Crippen LogP contribution in [0.15, 0.2) is 60.7 Å². The number of imide groups is 1. The van der Waals surface area contributed by atoms with Gasteiger partial charge in [-0.25, -0.2) is 4.90 Å². The average Bonchev–Trinajstić information content (AvgIpc) is 2.77. The summed E-state index contributed by atoms with van der Waals surface area (Å²) in [4.78, 5) is 26.7. The summed E-state index contributed by atoms with van der Waals surface area (Å²) in [5, 5.41) is 1.93. The van der Waals surface area contributed by atoms with E-state index in [-0.39, 0.29) is 11.8 Å². The van der Waals surface area contributed by atoms with E-state index in [0.717, 1.165) is 16.3 Å². The van der Waals surface area contributed by atoms with Gasteiger partial charge in [0.05, 0.1) is 16.8 Å². The molecule has 1 heterocycles. The first-order valence-corrected chi connectivity index (χ1v) is 7.14. The lowest BCUT2D eigenvalue weighted by Gasteiger charge is -2.16. The third-order valence-electron chi connectivity index (χ3n) is 4.11. The molecular weight excluding hydrogens is 274 g/mol. The number of amides is 2. The highest BCUT2D eigenvalue weighted by atomic mass is 16.2. The van der Waals surface area contributed by atoms with Crippen LogP contribution in [-0.2, 0) is 0 Å². The molecule has 0 saturated heterocycles. The SMILES string of the molecule is Cc1ccccc1N1C(=O)c2cc3ccccc3cc2C1=O. The molecule has 3 aromatic rings.